The Morgan fingerprint density at radius 3 is 1.76 bits per heavy atom. The summed E-state index contributed by atoms with van der Waals surface area (Å²) >= 11 is 0. The van der Waals surface area contributed by atoms with Crippen LogP contribution in [0.5, 0.6) is 5.75 Å². The summed E-state index contributed by atoms with van der Waals surface area (Å²) in [5.74, 6) is -0.511. The molecule has 5 nitrogen and oxygen atoms in total. The number of benzene rings is 9. The van der Waals surface area contributed by atoms with Crippen molar-refractivity contribution in [1.82, 2.24) is 0 Å². The van der Waals surface area contributed by atoms with Crippen molar-refractivity contribution in [3.05, 3.63) is 216 Å². The van der Waals surface area contributed by atoms with Crippen LogP contribution < -0.4 is 9.08 Å². The molecule has 10 aromatic rings. The van der Waals surface area contributed by atoms with Crippen LogP contribution in [0, 0.1) is 0 Å². The van der Waals surface area contributed by atoms with Crippen LogP contribution >= 0.6 is 0 Å². The average molecular weight is 848 g/mol. The molecule has 2 aliphatic rings. The van der Waals surface area contributed by atoms with Gasteiger partial charge in [-0.1, -0.05) is 140 Å². The van der Waals surface area contributed by atoms with Crippen molar-refractivity contribution in [2.45, 2.75) is 10.9 Å². The summed E-state index contributed by atoms with van der Waals surface area (Å²) in [7, 11) is -6.02. The van der Waals surface area contributed by atoms with Crippen molar-refractivity contribution in [1.29, 1.82) is 0 Å². The zero-order valence-corrected chi connectivity index (χ0v) is 33.9. The summed E-state index contributed by atoms with van der Waals surface area (Å²) in [4.78, 5) is 1.80. The van der Waals surface area contributed by atoms with Crippen molar-refractivity contribution < 1.29 is 30.2 Å². The molecule has 0 fully saturated rings. The maximum absolute atomic E-state index is 13.8. The molecule has 63 heavy (non-hydrogen) atoms. The summed E-state index contributed by atoms with van der Waals surface area (Å²) in [6.45, 7) is 0. The van der Waals surface area contributed by atoms with E-state index in [1.807, 2.05) is 78.9 Å². The van der Waals surface area contributed by atoms with Crippen LogP contribution in [-0.4, -0.2) is 13.9 Å². The molecular formula is C54H32F3NO4S. The number of anilines is 3. The molecule has 0 unspecified atom stereocenters. The van der Waals surface area contributed by atoms with E-state index in [0.29, 0.717) is 39.0 Å². The number of halogens is 3. The van der Waals surface area contributed by atoms with E-state index in [4.69, 9.17) is 8.60 Å². The molecule has 12 rings (SSSR count). The lowest BCUT2D eigenvalue weighted by Crippen LogP contribution is -2.28. The van der Waals surface area contributed by atoms with E-state index in [1.54, 1.807) is 4.90 Å². The molecular weight excluding hydrogens is 816 g/mol. The first-order valence-corrected chi connectivity index (χ1v) is 21.8. The predicted octanol–water partition coefficient (Wildman–Crippen LogP) is 14.4. The van der Waals surface area contributed by atoms with Gasteiger partial charge in [0.1, 0.15) is 11.3 Å². The molecule has 1 spiro atoms. The van der Waals surface area contributed by atoms with E-state index in [1.165, 1.54) is 51.1 Å². The van der Waals surface area contributed by atoms with Crippen LogP contribution in [0.2, 0.25) is 0 Å². The molecule has 1 aromatic heterocycles. The molecule has 0 saturated carbocycles. The minimum absolute atomic E-state index is 0.290. The zero-order chi connectivity index (χ0) is 42.7. The number of furan rings is 1. The van der Waals surface area contributed by atoms with Gasteiger partial charge < -0.3 is 13.5 Å². The van der Waals surface area contributed by atoms with E-state index < -0.39 is 26.8 Å². The Kier molecular flexibility index (Phi) is 7.93. The maximum Gasteiger partial charge on any atom is 0.534 e. The largest absolute Gasteiger partial charge is 0.534 e. The van der Waals surface area contributed by atoms with Crippen LogP contribution in [0.3, 0.4) is 0 Å². The Hall–Kier alpha value is -7.62. The lowest BCUT2D eigenvalue weighted by atomic mass is 9.70. The van der Waals surface area contributed by atoms with Crippen molar-refractivity contribution in [2.24, 2.45) is 0 Å². The second kappa shape index (κ2) is 13.4. The first-order chi connectivity index (χ1) is 30.6. The van der Waals surface area contributed by atoms with Gasteiger partial charge in [-0.2, -0.15) is 21.6 Å². The van der Waals surface area contributed by atoms with Gasteiger partial charge in [0.2, 0.25) is 0 Å². The van der Waals surface area contributed by atoms with E-state index in [9.17, 15) is 21.6 Å². The monoisotopic (exact) mass is 847 g/mol. The van der Waals surface area contributed by atoms with Crippen molar-refractivity contribution >= 4 is 59.9 Å². The van der Waals surface area contributed by atoms with Crippen molar-refractivity contribution in [3.8, 4) is 39.1 Å². The molecule has 0 aliphatic heterocycles. The van der Waals surface area contributed by atoms with Gasteiger partial charge in [0.05, 0.1) is 11.1 Å². The maximum atomic E-state index is 13.8. The highest BCUT2D eigenvalue weighted by atomic mass is 32.2. The highest BCUT2D eigenvalue weighted by Crippen LogP contribution is 2.64. The summed E-state index contributed by atoms with van der Waals surface area (Å²) in [5, 5.41) is 3.24. The van der Waals surface area contributed by atoms with Gasteiger partial charge in [-0.25, -0.2) is 0 Å². The van der Waals surface area contributed by atoms with Gasteiger partial charge in [0, 0.05) is 28.2 Å². The van der Waals surface area contributed by atoms with Crippen molar-refractivity contribution in [2.75, 3.05) is 4.90 Å². The molecule has 0 N–H and O–H groups in total. The number of hydrogen-bond acceptors (Lipinski definition) is 5. The van der Waals surface area contributed by atoms with Gasteiger partial charge in [-0.15, -0.1) is 0 Å². The molecule has 2 aliphatic carbocycles. The highest BCUT2D eigenvalue weighted by molar-refractivity contribution is 7.88. The van der Waals surface area contributed by atoms with Gasteiger partial charge >= 0.3 is 15.6 Å². The summed E-state index contributed by atoms with van der Waals surface area (Å²) in [5.41, 5.74) is 7.57. The minimum Gasteiger partial charge on any atom is -0.454 e. The Morgan fingerprint density at radius 2 is 1.08 bits per heavy atom. The molecule has 0 radical (unpaired) electrons. The molecule has 0 amide bonds. The Labute approximate surface area is 360 Å². The van der Waals surface area contributed by atoms with Crippen LogP contribution in [0.4, 0.5) is 30.2 Å². The summed E-state index contributed by atoms with van der Waals surface area (Å²) in [6, 6.07) is 63.7. The Bertz CT molecular complexity index is 3540. The highest BCUT2D eigenvalue weighted by Gasteiger charge is 2.52. The first-order valence-electron chi connectivity index (χ1n) is 20.4. The SMILES string of the molecule is O=S(=O)(Oc1cc(N(c2ccccc2)c2ccccc2)c2oc3ccc(-c4ccc5c(c4)-c4c(ccc6ccccc46)C54c5ccccc5-c5ccccc54)cc3c2c1)C(F)(F)F. The quantitative estimate of drug-likeness (QED) is 0.123. The minimum atomic E-state index is -6.02. The molecule has 9 heteroatoms. The lowest BCUT2D eigenvalue weighted by Gasteiger charge is -2.30. The second-order valence-electron chi connectivity index (χ2n) is 15.9. The molecule has 0 saturated heterocycles. The van der Waals surface area contributed by atoms with Crippen molar-refractivity contribution in [3.63, 3.8) is 0 Å². The van der Waals surface area contributed by atoms with Crippen LogP contribution in [0.15, 0.2) is 199 Å². The molecule has 0 bridgehead atoms. The van der Waals surface area contributed by atoms with Gasteiger partial charge in [0.15, 0.2) is 5.58 Å². The van der Waals surface area contributed by atoms with E-state index in [0.717, 1.165) is 27.5 Å². The standard InChI is InChI=1S/C54H32F3NO4S/c55-54(56,57)63(59,60)62-38-31-43-42-29-35(25-28-50(42)61-52(43)49(32-38)58(36-14-3-1-4-15-36)37-16-5-2-6-17-37)34-24-26-47-44(30-34)51-39-18-8-7-13-33(39)23-27-48(51)53(47)45-21-11-9-19-40(45)41-20-10-12-22-46(41)53/h1-32H. The third-order valence-corrected chi connectivity index (χ3v) is 13.6. The number of fused-ring (bicyclic) bond motifs is 15. The number of hydrogen-bond donors (Lipinski definition) is 0. The molecule has 304 valence electrons. The fourth-order valence-corrected chi connectivity index (χ4v) is 10.5. The molecule has 9 aromatic carbocycles. The Morgan fingerprint density at radius 1 is 0.508 bits per heavy atom. The third-order valence-electron chi connectivity index (χ3n) is 12.6. The molecule has 0 atom stereocenters. The predicted molar refractivity (Wildman–Crippen MR) is 243 cm³/mol. The Balaban J connectivity index is 1.09. The average Bonchev–Trinajstić information content (AvgIpc) is 3.93. The van der Waals surface area contributed by atoms with Crippen LogP contribution in [0.25, 0.3) is 66.1 Å². The first kappa shape index (κ1) is 37.2. The smallest absolute Gasteiger partial charge is 0.454 e. The summed E-state index contributed by atoms with van der Waals surface area (Å²) in [6.07, 6.45) is 0. The zero-order valence-electron chi connectivity index (χ0n) is 33.1. The summed E-state index contributed by atoms with van der Waals surface area (Å²) < 4.78 is 78.0. The van der Waals surface area contributed by atoms with E-state index >= 15 is 0 Å². The number of nitrogens with zero attached hydrogens (tertiary/aromatic N) is 1. The van der Waals surface area contributed by atoms with Gasteiger partial charge in [-0.05, 0) is 115 Å². The molecule has 1 heterocycles. The number of rotatable bonds is 6. The van der Waals surface area contributed by atoms with Crippen LogP contribution in [0.1, 0.15) is 22.3 Å². The fraction of sp³-hybridized carbons (Fsp3) is 0.0370. The second-order valence-corrected chi connectivity index (χ2v) is 17.5. The van der Waals surface area contributed by atoms with Gasteiger partial charge in [0.25, 0.3) is 0 Å². The lowest BCUT2D eigenvalue weighted by molar-refractivity contribution is -0.0500. The normalized spacial score (nSPS) is 13.6. The number of para-hydroxylation sites is 2. The topological polar surface area (TPSA) is 59.8 Å². The van der Waals surface area contributed by atoms with E-state index in [-0.39, 0.29) is 0 Å². The number of alkyl halides is 3. The fourth-order valence-electron chi connectivity index (χ4n) is 10.1. The van der Waals surface area contributed by atoms with E-state index in [2.05, 4.69) is 103 Å². The third kappa shape index (κ3) is 5.39. The van der Waals surface area contributed by atoms with Crippen LogP contribution in [-0.2, 0) is 15.5 Å². The van der Waals surface area contributed by atoms with Gasteiger partial charge in [-0.3, -0.25) is 0 Å².